The number of piperidine rings is 1. The molecule has 7 aromatic carbocycles. The Kier molecular flexibility index (Phi) is 45.7. The Morgan fingerprint density at radius 3 is 1.06 bits per heavy atom. The molecule has 4 amide bonds. The first-order chi connectivity index (χ1) is 55.6. The van der Waals surface area contributed by atoms with Crippen molar-refractivity contribution in [3.8, 4) is 5.75 Å². The Morgan fingerprint density at radius 2 is 0.744 bits per heavy atom. The molecule has 9 aromatic rings. The molecular weight excluding hydrogens is 1450 g/mol. The average Bonchev–Trinajstić information content (AvgIpc) is 0.849. The first kappa shape index (κ1) is 99.7. The van der Waals surface area contributed by atoms with Gasteiger partial charge < -0.3 is 39.5 Å². The summed E-state index contributed by atoms with van der Waals surface area (Å²) in [6.07, 6.45) is 7.07. The van der Waals surface area contributed by atoms with Gasteiger partial charge in [-0.05, 0) is 209 Å². The van der Waals surface area contributed by atoms with E-state index >= 15 is 0 Å². The number of rotatable bonds is 15. The van der Waals surface area contributed by atoms with Crippen molar-refractivity contribution >= 4 is 23.6 Å². The molecule has 0 aliphatic carbocycles. The Bertz CT molecular complexity index is 4020. The first-order valence-electron chi connectivity index (χ1n) is 42.3. The number of ether oxygens (including phenoxy) is 3. The highest BCUT2D eigenvalue weighted by atomic mass is 19.1. The summed E-state index contributed by atoms with van der Waals surface area (Å²) >= 11 is 0. The fourth-order valence-corrected chi connectivity index (χ4v) is 12.3. The summed E-state index contributed by atoms with van der Waals surface area (Å²) in [7, 11) is 5.23. The molecule has 3 fully saturated rings. The van der Waals surface area contributed by atoms with E-state index in [4.69, 9.17) is 19.9 Å². The van der Waals surface area contributed by atoms with E-state index in [9.17, 15) is 23.6 Å². The van der Waals surface area contributed by atoms with Crippen LogP contribution in [0.5, 0.6) is 5.75 Å². The minimum Gasteiger partial charge on any atom is -0.496 e. The van der Waals surface area contributed by atoms with Gasteiger partial charge in [-0.3, -0.25) is 24.2 Å². The number of hydrogen-bond donors (Lipinski definition) is 1. The number of halogens is 1. The number of para-hydroxylation sites is 1. The first-order valence-corrected chi connectivity index (χ1v) is 42.3. The fourth-order valence-electron chi connectivity index (χ4n) is 12.3. The Morgan fingerprint density at radius 1 is 0.393 bits per heavy atom. The van der Waals surface area contributed by atoms with Gasteiger partial charge in [-0.15, -0.1) is 0 Å². The highest BCUT2D eigenvalue weighted by molar-refractivity contribution is 5.96. The van der Waals surface area contributed by atoms with Crippen LogP contribution in [0.15, 0.2) is 207 Å². The number of methoxy groups -OCH3 is 1. The number of benzene rings is 7. The summed E-state index contributed by atoms with van der Waals surface area (Å²) in [4.78, 5) is 63.1. The Labute approximate surface area is 704 Å². The lowest BCUT2D eigenvalue weighted by atomic mass is 10.0. The zero-order chi connectivity index (χ0) is 86.7. The Hall–Kier alpha value is -9.67. The minimum atomic E-state index is -0.413. The maximum Gasteiger partial charge on any atom is 0.254 e. The highest BCUT2D eigenvalue weighted by Gasteiger charge is 2.22. The summed E-state index contributed by atoms with van der Waals surface area (Å²) in [5.41, 5.74) is 23.8. The third-order valence-corrected chi connectivity index (χ3v) is 20.3. The zero-order valence-electron chi connectivity index (χ0n) is 75.2. The molecule has 14 nitrogen and oxygen atoms in total. The predicted octanol–water partition coefficient (Wildman–Crippen LogP) is 23.6. The summed E-state index contributed by atoms with van der Waals surface area (Å²) in [6, 6.07) is 64.3. The van der Waals surface area contributed by atoms with Gasteiger partial charge in [0.2, 0.25) is 5.95 Å². The molecule has 0 unspecified atom stereocenters. The lowest BCUT2D eigenvalue weighted by molar-refractivity contribution is 0.0301. The van der Waals surface area contributed by atoms with Crippen molar-refractivity contribution < 1.29 is 37.8 Å². The molecule has 634 valence electrons. The van der Waals surface area contributed by atoms with Crippen LogP contribution < -0.4 is 10.5 Å². The van der Waals surface area contributed by atoms with Gasteiger partial charge >= 0.3 is 0 Å². The van der Waals surface area contributed by atoms with Crippen molar-refractivity contribution in [3.05, 3.63) is 302 Å². The minimum absolute atomic E-state index is 0.0558. The Balaban J connectivity index is 0.000000279. The molecule has 2 aromatic heterocycles. The van der Waals surface area contributed by atoms with Crippen molar-refractivity contribution in [3.63, 3.8) is 0 Å². The second-order valence-corrected chi connectivity index (χ2v) is 33.0. The normalized spacial score (nSPS) is 13.0. The SMILES string of the molecule is CC(C)c1ccc(C(=O)N(C)C)cc1.CC(C)c1ccc(C(=O)N2CCCCC2)cc1.CC(C)c1ccc(C(=O)N2CCOCC2)cc1.CC(C)c1ccc(C(=O)N2CCOCC2)cc1.CC(C)c1ccc(F)nc1.CC(C)c1cccc(CN)c1.COc1ccccc1C(C)C.Cc1ccc(C(C)C)cn1.Cc1cccc(C(C)C)c1. The van der Waals surface area contributed by atoms with Crippen molar-refractivity contribution in [1.82, 2.24) is 29.6 Å². The zero-order valence-corrected chi connectivity index (χ0v) is 75.2. The van der Waals surface area contributed by atoms with Gasteiger partial charge in [-0.1, -0.05) is 258 Å². The van der Waals surface area contributed by atoms with Crippen LogP contribution in [0.3, 0.4) is 0 Å². The molecule has 0 bridgehead atoms. The number of carbonyl (C=O) groups is 4. The molecule has 0 radical (unpaired) electrons. The topological polar surface area (TPSA) is 161 Å². The summed E-state index contributed by atoms with van der Waals surface area (Å²) < 4.78 is 27.9. The van der Waals surface area contributed by atoms with E-state index in [0.29, 0.717) is 112 Å². The number of carbonyl (C=O) groups excluding carboxylic acids is 4. The van der Waals surface area contributed by atoms with Gasteiger partial charge in [-0.2, -0.15) is 4.39 Å². The smallest absolute Gasteiger partial charge is 0.254 e. The largest absolute Gasteiger partial charge is 0.496 e. The van der Waals surface area contributed by atoms with Crippen molar-refractivity contribution in [2.24, 2.45) is 5.73 Å². The summed E-state index contributed by atoms with van der Waals surface area (Å²) in [5.74, 6) is 5.89. The summed E-state index contributed by atoms with van der Waals surface area (Å²) in [6.45, 7) is 50.8. The van der Waals surface area contributed by atoms with E-state index in [2.05, 4.69) is 220 Å². The number of likely N-dealkylation sites (tertiary alicyclic amines) is 1. The molecule has 3 aliphatic heterocycles. The van der Waals surface area contributed by atoms with Crippen LogP contribution >= 0.6 is 0 Å². The second kappa shape index (κ2) is 53.6. The number of pyridine rings is 2. The number of nitrogens with two attached hydrogens (primary N) is 1. The average molecular weight is 1600 g/mol. The fraction of sp³-hybridized carbons (Fsp3) is 0.451. The van der Waals surface area contributed by atoms with Crippen LogP contribution in [0.25, 0.3) is 0 Å². The monoisotopic (exact) mass is 1600 g/mol. The van der Waals surface area contributed by atoms with Gasteiger partial charge in [0.25, 0.3) is 23.6 Å². The lowest BCUT2D eigenvalue weighted by Gasteiger charge is -2.26. The molecule has 2 N–H and O–H groups in total. The van der Waals surface area contributed by atoms with Gasteiger partial charge in [0, 0.05) is 100 Å². The van der Waals surface area contributed by atoms with E-state index in [-0.39, 0.29) is 23.6 Å². The van der Waals surface area contributed by atoms with Crippen LogP contribution in [-0.2, 0) is 16.0 Å². The molecule has 0 spiro atoms. The van der Waals surface area contributed by atoms with E-state index in [1.54, 1.807) is 38.4 Å². The number of aryl methyl sites for hydroxylation is 2. The number of nitrogens with zero attached hydrogens (tertiary/aromatic N) is 6. The molecule has 15 heteroatoms. The molecular formula is C102H142FN7O7. The van der Waals surface area contributed by atoms with Crippen LogP contribution in [0, 0.1) is 19.8 Å². The number of hydrogen-bond acceptors (Lipinski definition) is 10. The maximum absolute atomic E-state index is 12.2. The molecule has 12 rings (SSSR count). The third kappa shape index (κ3) is 36.8. The van der Waals surface area contributed by atoms with Gasteiger partial charge in [0.1, 0.15) is 5.75 Å². The van der Waals surface area contributed by atoms with Crippen LogP contribution in [0.1, 0.15) is 305 Å². The number of morpholine rings is 2. The predicted molar refractivity (Wildman–Crippen MR) is 485 cm³/mol. The summed E-state index contributed by atoms with van der Waals surface area (Å²) in [5, 5.41) is 0. The van der Waals surface area contributed by atoms with Crippen LogP contribution in [0.4, 0.5) is 4.39 Å². The molecule has 3 aliphatic rings. The van der Waals surface area contributed by atoms with E-state index in [1.165, 1.54) is 68.1 Å². The van der Waals surface area contributed by atoms with E-state index < -0.39 is 5.95 Å². The van der Waals surface area contributed by atoms with Gasteiger partial charge in [0.15, 0.2) is 0 Å². The van der Waals surface area contributed by atoms with E-state index in [1.807, 2.05) is 131 Å². The molecule has 5 heterocycles. The van der Waals surface area contributed by atoms with Crippen LogP contribution in [0.2, 0.25) is 0 Å². The highest BCUT2D eigenvalue weighted by Crippen LogP contribution is 2.26. The van der Waals surface area contributed by atoms with Gasteiger partial charge in [0.05, 0.1) is 33.5 Å². The number of aromatic nitrogens is 2. The quantitative estimate of drug-likeness (QED) is 0.0978. The van der Waals surface area contributed by atoms with Crippen LogP contribution in [-0.4, -0.2) is 140 Å². The third-order valence-electron chi connectivity index (χ3n) is 20.3. The van der Waals surface area contributed by atoms with Crippen molar-refractivity contribution in [2.45, 2.75) is 218 Å². The molecule has 0 saturated carbocycles. The van der Waals surface area contributed by atoms with Crippen molar-refractivity contribution in [2.75, 3.05) is 86.9 Å². The van der Waals surface area contributed by atoms with Crippen molar-refractivity contribution in [1.29, 1.82) is 0 Å². The number of amides is 4. The lowest BCUT2D eigenvalue weighted by Crippen LogP contribution is -2.40. The second-order valence-electron chi connectivity index (χ2n) is 33.0. The molecule has 0 atom stereocenters. The standard InChI is InChI=1S/C15H21NO.2C14H19NO2.C12H17NO.C10H15N.C10H14O.C10H14.C9H13N.C8H10FN/c1-12(2)13-6-8-14(9-7-13)15(17)16-10-4-3-5-11-16;2*1-11(2)12-3-5-13(6-4-12)14(16)15-7-9-17-10-8-15;1-9(2)10-5-7-11(8-6-10)12(14)13(3)4;1-8(2)10-5-3-4-9(6-10)7-11;1-8(2)9-6-4-5-7-10(9)11-3;1-8(2)10-6-4-5-9(3)7-10;1-7(2)9-5-4-8(3)10-6-9;1-6(2)7-3-4-8(9)10-5-7/h6-9,12H,3-5,10-11H2,1-2H3;2*3-6,11H,7-10H2,1-2H3;5-9H,1-4H3;3-6,8H,7,11H2,1-2H3;4-8H,1-3H3;4-8H,1-3H3;4-7H,1-3H3;3-6H,1-2H3. The maximum atomic E-state index is 12.2. The van der Waals surface area contributed by atoms with E-state index in [0.717, 1.165) is 65.2 Å². The molecule has 117 heavy (non-hydrogen) atoms. The molecule has 3 saturated heterocycles. The van der Waals surface area contributed by atoms with Gasteiger partial charge in [-0.25, -0.2) is 4.98 Å².